The fraction of sp³-hybridized carbons (Fsp3) is 0.250. The van der Waals surface area contributed by atoms with Crippen molar-refractivity contribution in [2.24, 2.45) is 0 Å². The second kappa shape index (κ2) is 7.57. The van der Waals surface area contributed by atoms with Gasteiger partial charge < -0.3 is 20.7 Å². The number of anilines is 2. The Kier molecular flexibility index (Phi) is 5.24. The van der Waals surface area contributed by atoms with E-state index in [1.807, 2.05) is 0 Å². The summed E-state index contributed by atoms with van der Waals surface area (Å²) in [7, 11) is 0. The molecule has 2 aromatic rings. The van der Waals surface area contributed by atoms with Gasteiger partial charge >= 0.3 is 6.03 Å². The highest BCUT2D eigenvalue weighted by Crippen LogP contribution is 2.23. The molecule has 0 aliphatic carbocycles. The summed E-state index contributed by atoms with van der Waals surface area (Å²) in [5.74, 6) is -0.522. The van der Waals surface area contributed by atoms with Crippen molar-refractivity contribution in [2.45, 2.75) is 6.10 Å². The van der Waals surface area contributed by atoms with E-state index in [4.69, 9.17) is 16.3 Å². The van der Waals surface area contributed by atoms with Crippen molar-refractivity contribution in [3.8, 4) is 0 Å². The van der Waals surface area contributed by atoms with Gasteiger partial charge in [0.05, 0.1) is 30.3 Å². The number of hydrogen-bond donors (Lipinski definition) is 3. The Hall–Kier alpha value is -2.22. The van der Waals surface area contributed by atoms with Crippen molar-refractivity contribution in [2.75, 3.05) is 30.3 Å². The SMILES string of the molecule is O=C(Nc1ccc(Cl)nc1)Nc1ccc([C@H]2CNCCO2)cc1F. The number of morpholine rings is 1. The Labute approximate surface area is 143 Å². The molecule has 2 amide bonds. The lowest BCUT2D eigenvalue weighted by Gasteiger charge is -2.24. The summed E-state index contributed by atoms with van der Waals surface area (Å²) in [6.07, 6.45) is 1.23. The number of nitrogens with zero attached hydrogens (tertiary/aromatic N) is 1. The Morgan fingerprint density at radius 3 is 2.88 bits per heavy atom. The van der Waals surface area contributed by atoms with Crippen LogP contribution in [0.4, 0.5) is 20.6 Å². The monoisotopic (exact) mass is 350 g/mol. The summed E-state index contributed by atoms with van der Waals surface area (Å²) in [6, 6.07) is 7.20. The highest BCUT2D eigenvalue weighted by atomic mass is 35.5. The van der Waals surface area contributed by atoms with Gasteiger partial charge in [-0.15, -0.1) is 0 Å². The van der Waals surface area contributed by atoms with Crippen molar-refractivity contribution in [3.05, 3.63) is 53.1 Å². The zero-order valence-corrected chi connectivity index (χ0v) is 13.4. The number of benzene rings is 1. The van der Waals surface area contributed by atoms with Crippen LogP contribution < -0.4 is 16.0 Å². The van der Waals surface area contributed by atoms with Crippen LogP contribution >= 0.6 is 11.6 Å². The topological polar surface area (TPSA) is 75.3 Å². The van der Waals surface area contributed by atoms with Crippen LogP contribution in [0.1, 0.15) is 11.7 Å². The van der Waals surface area contributed by atoms with Crippen LogP contribution in [0.3, 0.4) is 0 Å². The predicted molar refractivity (Wildman–Crippen MR) is 89.9 cm³/mol. The number of nitrogens with one attached hydrogen (secondary N) is 3. The van der Waals surface area contributed by atoms with Crippen molar-refractivity contribution in [3.63, 3.8) is 0 Å². The van der Waals surface area contributed by atoms with Crippen molar-refractivity contribution in [1.29, 1.82) is 0 Å². The molecule has 2 heterocycles. The van der Waals surface area contributed by atoms with Crippen molar-refractivity contribution < 1.29 is 13.9 Å². The quantitative estimate of drug-likeness (QED) is 0.743. The van der Waals surface area contributed by atoms with E-state index in [0.29, 0.717) is 24.0 Å². The maximum absolute atomic E-state index is 14.2. The molecular formula is C16H16ClFN4O2. The van der Waals surface area contributed by atoms with Gasteiger partial charge in [-0.1, -0.05) is 17.7 Å². The smallest absolute Gasteiger partial charge is 0.323 e. The molecule has 0 saturated carbocycles. The summed E-state index contributed by atoms with van der Waals surface area (Å²) in [5.41, 5.74) is 1.27. The third kappa shape index (κ3) is 4.19. The molecule has 8 heteroatoms. The third-order valence-corrected chi connectivity index (χ3v) is 3.75. The molecule has 3 rings (SSSR count). The predicted octanol–water partition coefficient (Wildman–Crippen LogP) is 3.18. The Morgan fingerprint density at radius 2 is 2.21 bits per heavy atom. The lowest BCUT2D eigenvalue weighted by molar-refractivity contribution is 0.0275. The molecule has 1 fully saturated rings. The number of halogens is 2. The molecule has 126 valence electrons. The van der Waals surface area contributed by atoms with E-state index in [1.54, 1.807) is 18.2 Å². The van der Waals surface area contributed by atoms with Gasteiger partial charge in [0.1, 0.15) is 11.0 Å². The highest BCUT2D eigenvalue weighted by molar-refractivity contribution is 6.29. The van der Waals surface area contributed by atoms with E-state index in [1.165, 1.54) is 18.3 Å². The first-order valence-corrected chi connectivity index (χ1v) is 7.81. The minimum absolute atomic E-state index is 0.0851. The second-order valence-corrected chi connectivity index (χ2v) is 5.64. The fourth-order valence-corrected chi connectivity index (χ4v) is 2.46. The first-order valence-electron chi connectivity index (χ1n) is 7.43. The molecule has 24 heavy (non-hydrogen) atoms. The molecule has 0 unspecified atom stereocenters. The second-order valence-electron chi connectivity index (χ2n) is 5.25. The Bertz CT molecular complexity index is 721. The Balaban J connectivity index is 1.64. The maximum Gasteiger partial charge on any atom is 0.323 e. The molecule has 1 atom stereocenters. The number of amides is 2. The average Bonchev–Trinajstić information content (AvgIpc) is 2.59. The number of aromatic nitrogens is 1. The summed E-state index contributed by atoms with van der Waals surface area (Å²) in [5, 5.41) is 8.52. The maximum atomic E-state index is 14.2. The number of carbonyl (C=O) groups is 1. The Morgan fingerprint density at radius 1 is 1.33 bits per heavy atom. The fourth-order valence-electron chi connectivity index (χ4n) is 2.35. The number of urea groups is 1. The third-order valence-electron chi connectivity index (χ3n) is 3.53. The zero-order chi connectivity index (χ0) is 16.9. The first-order chi connectivity index (χ1) is 11.6. The molecule has 6 nitrogen and oxygen atoms in total. The van der Waals surface area contributed by atoms with Gasteiger partial charge in [0.25, 0.3) is 0 Å². The molecule has 0 radical (unpaired) electrons. The van der Waals surface area contributed by atoms with Crippen LogP contribution in [-0.2, 0) is 4.74 Å². The van der Waals surface area contributed by atoms with Crippen LogP contribution in [0, 0.1) is 5.82 Å². The number of pyridine rings is 1. The van der Waals surface area contributed by atoms with Gasteiger partial charge in [-0.05, 0) is 29.8 Å². The van der Waals surface area contributed by atoms with E-state index in [0.717, 1.165) is 12.1 Å². The molecule has 1 aliphatic heterocycles. The highest BCUT2D eigenvalue weighted by Gasteiger charge is 2.17. The average molecular weight is 351 g/mol. The van der Waals surface area contributed by atoms with Gasteiger partial charge in [0.2, 0.25) is 0 Å². The number of hydrogen-bond acceptors (Lipinski definition) is 4. The molecule has 0 bridgehead atoms. The van der Waals surface area contributed by atoms with Crippen LogP contribution in [0.15, 0.2) is 36.5 Å². The molecular weight excluding hydrogens is 335 g/mol. The van der Waals surface area contributed by atoms with Gasteiger partial charge in [0.15, 0.2) is 0 Å². The lowest BCUT2D eigenvalue weighted by Crippen LogP contribution is -2.33. The van der Waals surface area contributed by atoms with Crippen molar-refractivity contribution >= 4 is 29.0 Å². The summed E-state index contributed by atoms with van der Waals surface area (Å²) in [4.78, 5) is 15.8. The van der Waals surface area contributed by atoms with E-state index in [-0.39, 0.29) is 11.8 Å². The number of carbonyl (C=O) groups excluding carboxylic acids is 1. The standard InChI is InChI=1S/C16H16ClFN4O2/c17-15-4-2-11(8-20-15)21-16(23)22-13-3-1-10(7-12(13)18)14-9-19-5-6-24-14/h1-4,7-8,14,19H,5-6,9H2,(H2,21,22,23)/t14-/m1/s1. The van der Waals surface area contributed by atoms with Gasteiger partial charge in [-0.2, -0.15) is 0 Å². The first kappa shape index (κ1) is 16.6. The number of ether oxygens (including phenoxy) is 1. The van der Waals surface area contributed by atoms with Crippen LogP contribution in [0.5, 0.6) is 0 Å². The normalized spacial score (nSPS) is 17.3. The minimum Gasteiger partial charge on any atom is -0.371 e. The summed E-state index contributed by atoms with van der Waals surface area (Å²) in [6.45, 7) is 2.01. The molecule has 1 saturated heterocycles. The van der Waals surface area contributed by atoms with Crippen LogP contribution in [0.2, 0.25) is 5.15 Å². The van der Waals surface area contributed by atoms with E-state index in [2.05, 4.69) is 20.9 Å². The van der Waals surface area contributed by atoms with Crippen LogP contribution in [0.25, 0.3) is 0 Å². The molecule has 3 N–H and O–H groups in total. The van der Waals surface area contributed by atoms with Gasteiger partial charge in [0, 0.05) is 13.1 Å². The zero-order valence-electron chi connectivity index (χ0n) is 12.7. The van der Waals surface area contributed by atoms with Gasteiger partial charge in [-0.25, -0.2) is 14.2 Å². The van der Waals surface area contributed by atoms with Gasteiger partial charge in [-0.3, -0.25) is 0 Å². The lowest BCUT2D eigenvalue weighted by atomic mass is 10.1. The van der Waals surface area contributed by atoms with E-state index < -0.39 is 11.8 Å². The molecule has 1 aromatic carbocycles. The summed E-state index contributed by atoms with van der Waals surface area (Å²) >= 11 is 5.67. The van der Waals surface area contributed by atoms with Crippen molar-refractivity contribution in [1.82, 2.24) is 10.3 Å². The van der Waals surface area contributed by atoms with E-state index in [9.17, 15) is 9.18 Å². The summed E-state index contributed by atoms with van der Waals surface area (Å²) < 4.78 is 19.8. The number of rotatable bonds is 3. The minimum atomic E-state index is -0.568. The molecule has 1 aromatic heterocycles. The molecule has 0 spiro atoms. The van der Waals surface area contributed by atoms with Crippen LogP contribution in [-0.4, -0.2) is 30.7 Å². The largest absolute Gasteiger partial charge is 0.371 e. The molecule has 1 aliphatic rings. The van der Waals surface area contributed by atoms with E-state index >= 15 is 0 Å².